The van der Waals surface area contributed by atoms with E-state index in [4.69, 9.17) is 4.74 Å². The maximum absolute atomic E-state index is 12.1. The van der Waals surface area contributed by atoms with Gasteiger partial charge in [-0.1, -0.05) is 45.4 Å². The highest BCUT2D eigenvalue weighted by Crippen LogP contribution is 2.11. The highest BCUT2D eigenvalue weighted by atomic mass is 16.5. The highest BCUT2D eigenvalue weighted by Gasteiger charge is 2.30. The highest BCUT2D eigenvalue weighted by molar-refractivity contribution is 5.93. The van der Waals surface area contributed by atoms with E-state index in [1.165, 1.54) is 26.4 Å². The number of hydrogen-bond donors (Lipinski definition) is 2. The molecule has 126 valence electrons. The summed E-state index contributed by atoms with van der Waals surface area (Å²) in [6.07, 6.45) is 8.13. The number of hydrogen-bond acceptors (Lipinski definition) is 4. The normalized spacial score (nSPS) is 18.6. The van der Waals surface area contributed by atoms with Gasteiger partial charge < -0.3 is 15.4 Å². The average molecular weight is 312 g/mol. The molecule has 0 aromatic heterocycles. The Kier molecular flexibility index (Phi) is 8.55. The second-order valence-corrected chi connectivity index (χ2v) is 5.80. The van der Waals surface area contributed by atoms with Crippen molar-refractivity contribution >= 4 is 17.8 Å². The van der Waals surface area contributed by atoms with Crippen LogP contribution in [0.15, 0.2) is 0 Å². The zero-order valence-electron chi connectivity index (χ0n) is 13.7. The van der Waals surface area contributed by atoms with Crippen molar-refractivity contribution in [2.75, 3.05) is 7.11 Å². The van der Waals surface area contributed by atoms with E-state index < -0.39 is 18.1 Å². The first-order chi connectivity index (χ1) is 10.6. The number of nitrogens with one attached hydrogen (secondary N) is 2. The van der Waals surface area contributed by atoms with Crippen LogP contribution < -0.4 is 10.6 Å². The lowest BCUT2D eigenvalue weighted by Crippen LogP contribution is -2.49. The van der Waals surface area contributed by atoms with E-state index in [-0.39, 0.29) is 11.8 Å². The van der Waals surface area contributed by atoms with Crippen LogP contribution in [0.2, 0.25) is 0 Å². The first-order valence-corrected chi connectivity index (χ1v) is 8.26. The molecule has 1 fully saturated rings. The summed E-state index contributed by atoms with van der Waals surface area (Å²) in [5.41, 5.74) is 0. The third-order valence-corrected chi connectivity index (χ3v) is 3.96. The molecule has 6 heteroatoms. The van der Waals surface area contributed by atoms with E-state index in [0.717, 1.165) is 19.3 Å². The summed E-state index contributed by atoms with van der Waals surface area (Å²) in [6, 6.07) is -1.15. The first kappa shape index (κ1) is 18.5. The predicted molar refractivity (Wildman–Crippen MR) is 83.1 cm³/mol. The fraction of sp³-hybridized carbons (Fsp3) is 0.812. The molecule has 1 heterocycles. The van der Waals surface area contributed by atoms with Gasteiger partial charge in [0.25, 0.3) is 0 Å². The molecule has 0 aromatic rings. The third-order valence-electron chi connectivity index (χ3n) is 3.96. The Morgan fingerprint density at radius 1 is 1.27 bits per heavy atom. The average Bonchev–Trinajstić information content (AvgIpc) is 2.95. The number of esters is 1. The Morgan fingerprint density at radius 3 is 2.55 bits per heavy atom. The van der Waals surface area contributed by atoms with E-state index >= 15 is 0 Å². The lowest BCUT2D eigenvalue weighted by molar-refractivity contribution is -0.145. The van der Waals surface area contributed by atoms with Crippen molar-refractivity contribution in [3.8, 4) is 0 Å². The molecule has 1 aliphatic rings. The number of methoxy groups -OCH3 is 1. The molecule has 0 bridgehead atoms. The molecule has 0 radical (unpaired) electrons. The Hall–Kier alpha value is -1.59. The molecule has 0 aliphatic carbocycles. The third kappa shape index (κ3) is 6.45. The van der Waals surface area contributed by atoms with Crippen molar-refractivity contribution in [2.45, 2.75) is 76.8 Å². The van der Waals surface area contributed by atoms with Crippen LogP contribution in [0.3, 0.4) is 0 Å². The van der Waals surface area contributed by atoms with Crippen LogP contribution in [0, 0.1) is 0 Å². The minimum atomic E-state index is -0.624. The molecule has 0 saturated carbocycles. The summed E-state index contributed by atoms with van der Waals surface area (Å²) in [7, 11) is 1.32. The minimum Gasteiger partial charge on any atom is -0.467 e. The molecule has 2 atom stereocenters. The van der Waals surface area contributed by atoms with E-state index in [1.54, 1.807) is 0 Å². The van der Waals surface area contributed by atoms with Crippen molar-refractivity contribution < 1.29 is 19.1 Å². The number of carbonyl (C=O) groups excluding carboxylic acids is 3. The van der Waals surface area contributed by atoms with Gasteiger partial charge in [-0.25, -0.2) is 4.79 Å². The van der Waals surface area contributed by atoms with Gasteiger partial charge in [-0.3, -0.25) is 9.59 Å². The molecule has 0 aromatic carbocycles. The van der Waals surface area contributed by atoms with Crippen LogP contribution in [-0.4, -0.2) is 37.0 Å². The second-order valence-electron chi connectivity index (χ2n) is 5.80. The van der Waals surface area contributed by atoms with Crippen LogP contribution in [-0.2, 0) is 19.1 Å². The molecule has 1 saturated heterocycles. The quantitative estimate of drug-likeness (QED) is 0.475. The number of carbonyl (C=O) groups is 3. The fourth-order valence-electron chi connectivity index (χ4n) is 2.60. The molecule has 1 aliphatic heterocycles. The predicted octanol–water partition coefficient (Wildman–Crippen LogP) is 1.67. The lowest BCUT2D eigenvalue weighted by Gasteiger charge is -2.18. The van der Waals surface area contributed by atoms with Crippen molar-refractivity contribution in [2.24, 2.45) is 0 Å². The van der Waals surface area contributed by atoms with Gasteiger partial charge in [-0.05, 0) is 12.8 Å². The second kappa shape index (κ2) is 10.2. The minimum absolute atomic E-state index is 0.120. The molecule has 1 rings (SSSR count). The lowest BCUT2D eigenvalue weighted by atomic mass is 10.1. The molecule has 22 heavy (non-hydrogen) atoms. The van der Waals surface area contributed by atoms with Crippen molar-refractivity contribution in [1.82, 2.24) is 10.6 Å². The number of ether oxygens (including phenoxy) is 1. The molecular formula is C16H28N2O4. The molecule has 0 unspecified atom stereocenters. The molecule has 2 amide bonds. The monoisotopic (exact) mass is 312 g/mol. The Morgan fingerprint density at radius 2 is 1.95 bits per heavy atom. The largest absolute Gasteiger partial charge is 0.467 e. The van der Waals surface area contributed by atoms with Gasteiger partial charge in [0, 0.05) is 6.42 Å². The summed E-state index contributed by atoms with van der Waals surface area (Å²) >= 11 is 0. The summed E-state index contributed by atoms with van der Waals surface area (Å²) in [5.74, 6) is -0.843. The van der Waals surface area contributed by atoms with Gasteiger partial charge in [0.05, 0.1) is 7.11 Å². The standard InChI is InChI=1S/C16H28N2O4/c1-3-4-5-6-7-8-9-13(16(21)22-2)18-15(20)12-10-11-14(19)17-12/h12-13H,3-11H2,1-2H3,(H,17,19)(H,18,20)/t12-,13+/m0/s1. The molecule has 2 N–H and O–H groups in total. The topological polar surface area (TPSA) is 84.5 Å². The summed E-state index contributed by atoms with van der Waals surface area (Å²) in [5, 5.41) is 5.31. The number of unbranched alkanes of at least 4 members (excludes halogenated alkanes) is 5. The van der Waals surface area contributed by atoms with Gasteiger partial charge >= 0.3 is 5.97 Å². The summed E-state index contributed by atoms with van der Waals surface area (Å²) in [6.45, 7) is 2.17. The summed E-state index contributed by atoms with van der Waals surface area (Å²) in [4.78, 5) is 35.0. The SMILES string of the molecule is CCCCCCCC[C@@H](NC(=O)[C@@H]1CCC(=O)N1)C(=O)OC. The van der Waals surface area contributed by atoms with Crippen LogP contribution in [0.1, 0.15) is 64.7 Å². The summed E-state index contributed by atoms with van der Waals surface area (Å²) < 4.78 is 4.75. The van der Waals surface area contributed by atoms with Crippen LogP contribution >= 0.6 is 0 Å². The van der Waals surface area contributed by atoms with Gasteiger partial charge in [0.2, 0.25) is 11.8 Å². The van der Waals surface area contributed by atoms with Crippen LogP contribution in [0.5, 0.6) is 0 Å². The van der Waals surface area contributed by atoms with E-state index in [2.05, 4.69) is 17.6 Å². The van der Waals surface area contributed by atoms with Crippen LogP contribution in [0.4, 0.5) is 0 Å². The van der Waals surface area contributed by atoms with Crippen molar-refractivity contribution in [3.63, 3.8) is 0 Å². The van der Waals surface area contributed by atoms with E-state index in [0.29, 0.717) is 19.3 Å². The smallest absolute Gasteiger partial charge is 0.328 e. The molecule has 0 spiro atoms. The Labute approximate surface area is 132 Å². The van der Waals surface area contributed by atoms with E-state index in [9.17, 15) is 14.4 Å². The maximum atomic E-state index is 12.1. The molecular weight excluding hydrogens is 284 g/mol. The van der Waals surface area contributed by atoms with E-state index in [1.807, 2.05) is 0 Å². The van der Waals surface area contributed by atoms with Gasteiger partial charge in [0.15, 0.2) is 0 Å². The van der Waals surface area contributed by atoms with Gasteiger partial charge in [-0.2, -0.15) is 0 Å². The zero-order valence-corrected chi connectivity index (χ0v) is 13.7. The van der Waals surface area contributed by atoms with Crippen LogP contribution in [0.25, 0.3) is 0 Å². The number of rotatable bonds is 10. The zero-order chi connectivity index (χ0) is 16.4. The van der Waals surface area contributed by atoms with Crippen molar-refractivity contribution in [3.05, 3.63) is 0 Å². The van der Waals surface area contributed by atoms with Crippen molar-refractivity contribution in [1.29, 1.82) is 0 Å². The number of amides is 2. The Bertz CT molecular complexity index is 384. The van der Waals surface area contributed by atoms with Gasteiger partial charge in [-0.15, -0.1) is 0 Å². The van der Waals surface area contributed by atoms with Gasteiger partial charge in [0.1, 0.15) is 12.1 Å². The Balaban J connectivity index is 2.35. The first-order valence-electron chi connectivity index (χ1n) is 8.26. The molecule has 6 nitrogen and oxygen atoms in total. The fourth-order valence-corrected chi connectivity index (χ4v) is 2.60. The maximum Gasteiger partial charge on any atom is 0.328 e.